The Morgan fingerprint density at radius 1 is 1.47 bits per heavy atom. The van der Waals surface area contributed by atoms with E-state index in [0.717, 1.165) is 18.4 Å². The lowest BCUT2D eigenvalue weighted by Crippen LogP contribution is -2.47. The molecule has 2 aliphatic heterocycles. The van der Waals surface area contributed by atoms with Gasteiger partial charge >= 0.3 is 0 Å². The molecule has 2 unspecified atom stereocenters. The molecule has 1 saturated heterocycles. The first-order valence-corrected chi connectivity index (χ1v) is 5.96. The molecule has 3 nitrogen and oxygen atoms in total. The summed E-state index contributed by atoms with van der Waals surface area (Å²) in [5.74, 6) is 0.278. The Morgan fingerprint density at radius 3 is 3.00 bits per heavy atom. The molecule has 0 aromatic heterocycles. The average molecular weight is 237 g/mol. The Morgan fingerprint density at radius 2 is 2.29 bits per heavy atom. The molecule has 3 rings (SSSR count). The van der Waals surface area contributed by atoms with Crippen LogP contribution in [0.4, 0.5) is 4.39 Å². The van der Waals surface area contributed by atoms with Gasteiger partial charge in [0.05, 0.1) is 12.7 Å². The molecule has 3 atom stereocenters. The van der Waals surface area contributed by atoms with Crippen LogP contribution in [0.5, 0.6) is 5.75 Å². The van der Waals surface area contributed by atoms with Crippen LogP contribution in [-0.2, 0) is 4.74 Å². The second kappa shape index (κ2) is 3.68. The van der Waals surface area contributed by atoms with Crippen molar-refractivity contribution < 1.29 is 13.9 Å². The van der Waals surface area contributed by atoms with E-state index in [-0.39, 0.29) is 23.6 Å². The molecule has 4 heteroatoms. The smallest absolute Gasteiger partial charge is 0.139 e. The molecule has 2 heterocycles. The number of benzene rings is 1. The van der Waals surface area contributed by atoms with Crippen molar-refractivity contribution in [2.75, 3.05) is 6.61 Å². The summed E-state index contributed by atoms with van der Waals surface area (Å²) in [6, 6.07) is 4.45. The van der Waals surface area contributed by atoms with Crippen LogP contribution >= 0.6 is 0 Å². The number of halogens is 1. The molecule has 92 valence electrons. The van der Waals surface area contributed by atoms with Gasteiger partial charge in [-0.25, -0.2) is 4.39 Å². The maximum Gasteiger partial charge on any atom is 0.139 e. The van der Waals surface area contributed by atoms with Gasteiger partial charge in [0, 0.05) is 30.5 Å². The predicted molar refractivity (Wildman–Crippen MR) is 61.3 cm³/mol. The Balaban J connectivity index is 2.02. The molecule has 0 aliphatic carbocycles. The van der Waals surface area contributed by atoms with Crippen LogP contribution in [0.2, 0.25) is 0 Å². The Kier molecular flexibility index (Phi) is 2.38. The fourth-order valence-corrected chi connectivity index (χ4v) is 2.81. The van der Waals surface area contributed by atoms with Crippen LogP contribution in [0, 0.1) is 5.82 Å². The minimum Gasteiger partial charge on any atom is -0.484 e. The van der Waals surface area contributed by atoms with Crippen molar-refractivity contribution in [1.29, 1.82) is 0 Å². The van der Waals surface area contributed by atoms with E-state index in [2.05, 4.69) is 0 Å². The highest BCUT2D eigenvalue weighted by Gasteiger charge is 2.48. The number of ether oxygens (including phenoxy) is 2. The normalized spacial score (nSPS) is 35.7. The standard InChI is InChI=1S/C13H16FNO2/c1-8-13(4-5-16-8)7-11(15)10-3-2-9(14)6-12(10)17-13/h2-3,6,8,11H,4-5,7,15H2,1H3/t8?,11-,13?/m1/s1. The van der Waals surface area contributed by atoms with E-state index in [1.165, 1.54) is 12.1 Å². The highest BCUT2D eigenvalue weighted by Crippen LogP contribution is 2.44. The molecule has 2 aliphatic rings. The van der Waals surface area contributed by atoms with Crippen molar-refractivity contribution in [1.82, 2.24) is 0 Å². The molecule has 0 amide bonds. The minimum atomic E-state index is -0.375. The van der Waals surface area contributed by atoms with Gasteiger partial charge in [0.1, 0.15) is 17.2 Å². The average Bonchev–Trinajstić information content (AvgIpc) is 2.59. The zero-order valence-corrected chi connectivity index (χ0v) is 9.78. The lowest BCUT2D eigenvalue weighted by atomic mass is 9.83. The van der Waals surface area contributed by atoms with Gasteiger partial charge in [-0.1, -0.05) is 6.07 Å². The van der Waals surface area contributed by atoms with Gasteiger partial charge < -0.3 is 15.2 Å². The summed E-state index contributed by atoms with van der Waals surface area (Å²) in [5.41, 5.74) is 6.67. The summed E-state index contributed by atoms with van der Waals surface area (Å²) in [4.78, 5) is 0. The first-order chi connectivity index (χ1) is 8.11. The van der Waals surface area contributed by atoms with Crippen molar-refractivity contribution in [3.05, 3.63) is 29.6 Å². The third-order valence-corrected chi connectivity index (χ3v) is 3.89. The summed E-state index contributed by atoms with van der Waals surface area (Å²) in [6.45, 7) is 2.67. The van der Waals surface area contributed by atoms with Crippen molar-refractivity contribution in [3.8, 4) is 5.75 Å². The van der Waals surface area contributed by atoms with Crippen molar-refractivity contribution in [2.24, 2.45) is 5.73 Å². The largest absolute Gasteiger partial charge is 0.484 e. The van der Waals surface area contributed by atoms with E-state index < -0.39 is 0 Å². The van der Waals surface area contributed by atoms with Gasteiger partial charge in [0.2, 0.25) is 0 Å². The first kappa shape index (κ1) is 11.0. The Hall–Kier alpha value is -1.13. The molecular weight excluding hydrogens is 221 g/mol. The van der Waals surface area contributed by atoms with Gasteiger partial charge in [-0.2, -0.15) is 0 Å². The zero-order valence-electron chi connectivity index (χ0n) is 9.78. The molecule has 1 aromatic rings. The van der Waals surface area contributed by atoms with Crippen LogP contribution in [0.1, 0.15) is 31.4 Å². The maximum absolute atomic E-state index is 13.2. The van der Waals surface area contributed by atoms with Crippen LogP contribution in [0.25, 0.3) is 0 Å². The van der Waals surface area contributed by atoms with Gasteiger partial charge in [-0.05, 0) is 13.0 Å². The van der Waals surface area contributed by atoms with Crippen LogP contribution in [0.3, 0.4) is 0 Å². The van der Waals surface area contributed by atoms with E-state index in [1.807, 2.05) is 6.92 Å². The molecule has 1 aromatic carbocycles. The quantitative estimate of drug-likeness (QED) is 0.752. The fraction of sp³-hybridized carbons (Fsp3) is 0.538. The number of hydrogen-bond donors (Lipinski definition) is 1. The third kappa shape index (κ3) is 1.63. The van der Waals surface area contributed by atoms with Crippen molar-refractivity contribution >= 4 is 0 Å². The van der Waals surface area contributed by atoms with Crippen LogP contribution in [-0.4, -0.2) is 18.3 Å². The van der Waals surface area contributed by atoms with E-state index in [1.54, 1.807) is 6.07 Å². The molecule has 0 saturated carbocycles. The molecule has 17 heavy (non-hydrogen) atoms. The number of hydrogen-bond acceptors (Lipinski definition) is 3. The third-order valence-electron chi connectivity index (χ3n) is 3.89. The number of nitrogens with two attached hydrogens (primary N) is 1. The number of rotatable bonds is 0. The SMILES string of the molecule is CC1OCCC12C[C@@H](N)c1ccc(F)cc1O2. The highest BCUT2D eigenvalue weighted by atomic mass is 19.1. The first-order valence-electron chi connectivity index (χ1n) is 5.96. The monoisotopic (exact) mass is 237 g/mol. The molecule has 1 spiro atoms. The summed E-state index contributed by atoms with van der Waals surface area (Å²) in [6.07, 6.45) is 1.55. The van der Waals surface area contributed by atoms with Gasteiger partial charge in [0.25, 0.3) is 0 Å². The van der Waals surface area contributed by atoms with Crippen molar-refractivity contribution in [2.45, 2.75) is 37.5 Å². The topological polar surface area (TPSA) is 44.5 Å². The molecule has 0 bridgehead atoms. The summed E-state index contributed by atoms with van der Waals surface area (Å²) >= 11 is 0. The van der Waals surface area contributed by atoms with E-state index in [9.17, 15) is 4.39 Å². The van der Waals surface area contributed by atoms with E-state index in [4.69, 9.17) is 15.2 Å². The van der Waals surface area contributed by atoms with Crippen molar-refractivity contribution in [3.63, 3.8) is 0 Å². The Labute approximate surface area is 99.7 Å². The molecule has 0 radical (unpaired) electrons. The molecule has 1 fully saturated rings. The van der Waals surface area contributed by atoms with Gasteiger partial charge in [0.15, 0.2) is 0 Å². The summed E-state index contributed by atoms with van der Waals surface area (Å²) < 4.78 is 24.8. The summed E-state index contributed by atoms with van der Waals surface area (Å²) in [7, 11) is 0. The molecular formula is C13H16FNO2. The lowest BCUT2D eigenvalue weighted by Gasteiger charge is -2.40. The highest BCUT2D eigenvalue weighted by molar-refractivity contribution is 5.39. The second-order valence-corrected chi connectivity index (χ2v) is 4.92. The Bertz CT molecular complexity index is 451. The summed E-state index contributed by atoms with van der Waals surface area (Å²) in [5, 5.41) is 0. The number of fused-ring (bicyclic) bond motifs is 1. The minimum absolute atomic E-state index is 0.00460. The van der Waals surface area contributed by atoms with E-state index in [0.29, 0.717) is 12.4 Å². The second-order valence-electron chi connectivity index (χ2n) is 4.92. The van der Waals surface area contributed by atoms with Gasteiger partial charge in [-0.3, -0.25) is 0 Å². The maximum atomic E-state index is 13.2. The molecule has 2 N–H and O–H groups in total. The van der Waals surface area contributed by atoms with Gasteiger partial charge in [-0.15, -0.1) is 0 Å². The lowest BCUT2D eigenvalue weighted by molar-refractivity contribution is -0.0277. The fourth-order valence-electron chi connectivity index (χ4n) is 2.81. The predicted octanol–water partition coefficient (Wildman–Crippen LogP) is 2.16. The van der Waals surface area contributed by atoms with E-state index >= 15 is 0 Å². The zero-order chi connectivity index (χ0) is 12.0. The van der Waals surface area contributed by atoms with Crippen LogP contribution < -0.4 is 10.5 Å². The van der Waals surface area contributed by atoms with Crippen LogP contribution in [0.15, 0.2) is 18.2 Å².